The lowest BCUT2D eigenvalue weighted by Gasteiger charge is -2.26. The molecule has 1 aromatic heterocycles. The quantitative estimate of drug-likeness (QED) is 0.269. The van der Waals surface area contributed by atoms with E-state index in [9.17, 15) is 9.59 Å². The molecule has 0 saturated carbocycles. The summed E-state index contributed by atoms with van der Waals surface area (Å²) in [5.74, 6) is -0.0859. The SMILES string of the molecule is CCOC(=O)Cc1nc(NC(=O)CCCN2CCCCC2)cnc1-c1cccc(CI)c1. The smallest absolute Gasteiger partial charge is 0.311 e. The molecule has 0 bridgehead atoms. The molecule has 0 radical (unpaired) electrons. The second-order valence-electron chi connectivity index (χ2n) is 7.92. The van der Waals surface area contributed by atoms with Crippen LogP contribution >= 0.6 is 22.6 Å². The maximum atomic E-state index is 12.4. The van der Waals surface area contributed by atoms with Gasteiger partial charge in [0, 0.05) is 16.4 Å². The fraction of sp³-hybridized carbons (Fsp3) is 0.500. The van der Waals surface area contributed by atoms with E-state index in [1.54, 1.807) is 13.1 Å². The van der Waals surface area contributed by atoms with Crippen LogP contribution in [0, 0.1) is 0 Å². The summed E-state index contributed by atoms with van der Waals surface area (Å²) in [5, 5.41) is 2.84. The molecule has 1 amide bonds. The predicted molar refractivity (Wildman–Crippen MR) is 134 cm³/mol. The predicted octanol–water partition coefficient (Wildman–Crippen LogP) is 4.39. The number of alkyl halides is 1. The van der Waals surface area contributed by atoms with Crippen LogP contribution in [0.1, 0.15) is 50.3 Å². The molecule has 1 aliphatic heterocycles. The van der Waals surface area contributed by atoms with Crippen molar-refractivity contribution in [1.82, 2.24) is 14.9 Å². The zero-order chi connectivity index (χ0) is 22.8. The molecule has 1 aliphatic rings. The first kappa shape index (κ1) is 24.6. The Morgan fingerprint density at radius 1 is 1.22 bits per heavy atom. The van der Waals surface area contributed by atoms with Crippen molar-refractivity contribution in [3.63, 3.8) is 0 Å². The Hall–Kier alpha value is -2.07. The molecule has 0 unspecified atom stereocenters. The normalized spacial score (nSPS) is 14.2. The Balaban J connectivity index is 1.69. The second kappa shape index (κ2) is 12.8. The Labute approximate surface area is 203 Å². The molecule has 172 valence electrons. The molecule has 1 saturated heterocycles. The van der Waals surface area contributed by atoms with Gasteiger partial charge in [-0.05, 0) is 57.5 Å². The average molecular weight is 550 g/mol. The summed E-state index contributed by atoms with van der Waals surface area (Å²) >= 11 is 2.31. The summed E-state index contributed by atoms with van der Waals surface area (Å²) < 4.78 is 5.99. The van der Waals surface area contributed by atoms with E-state index in [2.05, 4.69) is 42.8 Å². The molecule has 7 nitrogen and oxygen atoms in total. The van der Waals surface area contributed by atoms with Gasteiger partial charge in [-0.1, -0.05) is 47.2 Å². The van der Waals surface area contributed by atoms with Gasteiger partial charge in [0.05, 0.1) is 30.6 Å². The van der Waals surface area contributed by atoms with Crippen LogP contribution in [0.2, 0.25) is 0 Å². The Bertz CT molecular complexity index is 916. The van der Waals surface area contributed by atoms with Crippen LogP contribution in [-0.4, -0.2) is 53.0 Å². The number of anilines is 1. The maximum absolute atomic E-state index is 12.4. The van der Waals surface area contributed by atoms with Gasteiger partial charge in [-0.15, -0.1) is 0 Å². The van der Waals surface area contributed by atoms with Gasteiger partial charge in [-0.25, -0.2) is 4.98 Å². The van der Waals surface area contributed by atoms with Gasteiger partial charge in [0.25, 0.3) is 0 Å². The zero-order valence-electron chi connectivity index (χ0n) is 18.6. The topological polar surface area (TPSA) is 84.4 Å². The Kier molecular flexibility index (Phi) is 9.86. The van der Waals surface area contributed by atoms with Gasteiger partial charge in [0.15, 0.2) is 5.82 Å². The van der Waals surface area contributed by atoms with Gasteiger partial charge >= 0.3 is 5.97 Å². The summed E-state index contributed by atoms with van der Waals surface area (Å²) in [6, 6.07) is 8.02. The third kappa shape index (κ3) is 7.51. The first-order valence-electron chi connectivity index (χ1n) is 11.3. The van der Waals surface area contributed by atoms with E-state index in [4.69, 9.17) is 4.74 Å². The third-order valence-corrected chi connectivity index (χ3v) is 6.29. The van der Waals surface area contributed by atoms with E-state index in [1.165, 1.54) is 19.3 Å². The summed E-state index contributed by atoms with van der Waals surface area (Å²) in [5.41, 5.74) is 3.19. The van der Waals surface area contributed by atoms with Crippen LogP contribution in [-0.2, 0) is 25.2 Å². The highest BCUT2D eigenvalue weighted by atomic mass is 127. The molecule has 0 spiro atoms. The lowest BCUT2D eigenvalue weighted by Crippen LogP contribution is -2.31. The second-order valence-corrected chi connectivity index (χ2v) is 8.68. The molecule has 0 aliphatic carbocycles. The number of piperidine rings is 1. The molecule has 1 aromatic carbocycles. The number of nitrogens with one attached hydrogen (secondary N) is 1. The molecule has 2 aromatic rings. The van der Waals surface area contributed by atoms with Crippen molar-refractivity contribution in [2.45, 2.75) is 49.9 Å². The first-order valence-corrected chi connectivity index (χ1v) is 12.8. The number of carbonyl (C=O) groups excluding carboxylic acids is 2. The number of rotatable bonds is 10. The molecule has 8 heteroatoms. The van der Waals surface area contributed by atoms with E-state index in [-0.39, 0.29) is 18.3 Å². The van der Waals surface area contributed by atoms with Gasteiger partial charge in [-0.2, -0.15) is 0 Å². The average Bonchev–Trinajstić information content (AvgIpc) is 2.80. The van der Waals surface area contributed by atoms with Gasteiger partial charge in [0.2, 0.25) is 5.91 Å². The minimum absolute atomic E-state index is 0.00328. The fourth-order valence-corrected chi connectivity index (χ4v) is 4.33. The fourth-order valence-electron chi connectivity index (χ4n) is 3.85. The maximum Gasteiger partial charge on any atom is 0.311 e. The number of aromatic nitrogens is 2. The molecule has 1 N–H and O–H groups in total. The molecular weight excluding hydrogens is 519 g/mol. The molecular formula is C24H31IN4O3. The van der Waals surface area contributed by atoms with Crippen molar-refractivity contribution in [2.24, 2.45) is 0 Å². The van der Waals surface area contributed by atoms with Crippen LogP contribution in [0.5, 0.6) is 0 Å². The highest BCUT2D eigenvalue weighted by Gasteiger charge is 2.16. The largest absolute Gasteiger partial charge is 0.466 e. The summed E-state index contributed by atoms with van der Waals surface area (Å²) in [6.07, 6.45) is 6.62. The summed E-state index contributed by atoms with van der Waals surface area (Å²) in [7, 11) is 0. The third-order valence-electron chi connectivity index (χ3n) is 5.41. The van der Waals surface area contributed by atoms with Crippen molar-refractivity contribution >= 4 is 40.3 Å². The highest BCUT2D eigenvalue weighted by molar-refractivity contribution is 14.1. The van der Waals surface area contributed by atoms with Crippen molar-refractivity contribution in [2.75, 3.05) is 31.6 Å². The van der Waals surface area contributed by atoms with Crippen LogP contribution in [0.25, 0.3) is 11.3 Å². The van der Waals surface area contributed by atoms with E-state index >= 15 is 0 Å². The molecule has 3 rings (SSSR count). The first-order chi connectivity index (χ1) is 15.6. The van der Waals surface area contributed by atoms with Gasteiger partial charge in [0.1, 0.15) is 0 Å². The van der Waals surface area contributed by atoms with Gasteiger partial charge in [-0.3, -0.25) is 14.6 Å². The molecule has 2 heterocycles. The summed E-state index contributed by atoms with van der Waals surface area (Å²) in [6.45, 7) is 5.28. The van der Waals surface area contributed by atoms with Crippen LogP contribution < -0.4 is 5.32 Å². The van der Waals surface area contributed by atoms with Gasteiger partial charge < -0.3 is 15.0 Å². The summed E-state index contributed by atoms with van der Waals surface area (Å²) in [4.78, 5) is 36.1. The number of carbonyl (C=O) groups is 2. The number of amides is 1. The monoisotopic (exact) mass is 550 g/mol. The molecule has 32 heavy (non-hydrogen) atoms. The number of nitrogens with zero attached hydrogens (tertiary/aromatic N) is 3. The number of hydrogen-bond donors (Lipinski definition) is 1. The lowest BCUT2D eigenvalue weighted by atomic mass is 10.1. The Morgan fingerprint density at radius 2 is 2.03 bits per heavy atom. The van der Waals surface area contributed by atoms with Crippen molar-refractivity contribution in [3.05, 3.63) is 41.7 Å². The van der Waals surface area contributed by atoms with Crippen LogP contribution in [0.4, 0.5) is 5.82 Å². The Morgan fingerprint density at radius 3 is 2.78 bits per heavy atom. The number of ether oxygens (including phenoxy) is 1. The highest BCUT2D eigenvalue weighted by Crippen LogP contribution is 2.24. The standard InChI is InChI=1S/C24H31IN4O3/c1-2-32-23(31)15-20-24(19-9-6-8-18(14-19)16-25)26-17-21(27-20)28-22(30)10-7-13-29-11-4-3-5-12-29/h6,8-9,14,17H,2-5,7,10-13,15-16H2,1H3,(H,27,28,30). The zero-order valence-corrected chi connectivity index (χ0v) is 20.8. The van der Waals surface area contributed by atoms with Crippen molar-refractivity contribution in [3.8, 4) is 11.3 Å². The molecule has 1 fully saturated rings. The number of benzene rings is 1. The number of likely N-dealkylation sites (tertiary alicyclic amines) is 1. The van der Waals surface area contributed by atoms with E-state index in [1.807, 2.05) is 24.3 Å². The number of hydrogen-bond acceptors (Lipinski definition) is 6. The number of halogens is 1. The lowest BCUT2D eigenvalue weighted by molar-refractivity contribution is -0.142. The van der Waals surface area contributed by atoms with Crippen LogP contribution in [0.15, 0.2) is 30.5 Å². The van der Waals surface area contributed by atoms with Crippen molar-refractivity contribution < 1.29 is 14.3 Å². The molecule has 0 atom stereocenters. The van der Waals surface area contributed by atoms with E-state index in [0.717, 1.165) is 41.6 Å². The van der Waals surface area contributed by atoms with E-state index in [0.29, 0.717) is 30.2 Å². The minimum Gasteiger partial charge on any atom is -0.466 e. The minimum atomic E-state index is -0.363. The van der Waals surface area contributed by atoms with E-state index < -0.39 is 0 Å². The van der Waals surface area contributed by atoms with Crippen LogP contribution in [0.3, 0.4) is 0 Å². The number of esters is 1. The van der Waals surface area contributed by atoms with Crippen molar-refractivity contribution in [1.29, 1.82) is 0 Å².